The number of Topliss-reactive ketones (excluding diaryl/α,β-unsaturated/α-hetero) is 1. The zero-order chi connectivity index (χ0) is 18.4. The van der Waals surface area contributed by atoms with Crippen LogP contribution < -0.4 is 9.47 Å². The summed E-state index contributed by atoms with van der Waals surface area (Å²) in [6.45, 7) is 1.08. The SMILES string of the molecule is O=C(O)C(=O)c1ccc(OCCCCOc2ccc3ccccc3c2)s1. The van der Waals surface area contributed by atoms with Gasteiger partial charge in [-0.25, -0.2) is 4.79 Å². The van der Waals surface area contributed by atoms with Crippen LogP contribution in [0.25, 0.3) is 10.8 Å². The fourth-order valence-corrected chi connectivity index (χ4v) is 3.26. The molecular formula is C20H18O5S. The minimum atomic E-state index is -1.45. The van der Waals surface area contributed by atoms with Crippen LogP contribution in [0.1, 0.15) is 22.5 Å². The van der Waals surface area contributed by atoms with Gasteiger partial charge in [0.05, 0.1) is 18.1 Å². The average molecular weight is 370 g/mol. The molecule has 134 valence electrons. The van der Waals surface area contributed by atoms with E-state index in [1.165, 1.54) is 11.5 Å². The van der Waals surface area contributed by atoms with Crippen molar-refractivity contribution in [1.29, 1.82) is 0 Å². The van der Waals surface area contributed by atoms with Crippen molar-refractivity contribution >= 4 is 33.9 Å². The molecule has 0 aliphatic rings. The van der Waals surface area contributed by atoms with Crippen LogP contribution in [0, 0.1) is 0 Å². The van der Waals surface area contributed by atoms with E-state index in [0.29, 0.717) is 18.3 Å². The molecule has 1 heterocycles. The smallest absolute Gasteiger partial charge is 0.378 e. The number of carbonyl (C=O) groups is 2. The zero-order valence-corrected chi connectivity index (χ0v) is 14.8. The minimum absolute atomic E-state index is 0.173. The average Bonchev–Trinajstić information content (AvgIpc) is 3.12. The largest absolute Gasteiger partial charge is 0.494 e. The third-order valence-corrected chi connectivity index (χ3v) is 4.77. The van der Waals surface area contributed by atoms with Crippen LogP contribution in [-0.4, -0.2) is 30.1 Å². The predicted octanol–water partition coefficient (Wildman–Crippen LogP) is 4.41. The van der Waals surface area contributed by atoms with Gasteiger partial charge in [0.2, 0.25) is 0 Å². The van der Waals surface area contributed by atoms with Crippen LogP contribution in [-0.2, 0) is 4.79 Å². The van der Waals surface area contributed by atoms with Gasteiger partial charge >= 0.3 is 5.97 Å². The van der Waals surface area contributed by atoms with E-state index in [9.17, 15) is 9.59 Å². The first kappa shape index (κ1) is 17.9. The number of aliphatic carboxylic acids is 1. The molecule has 0 aliphatic carbocycles. The molecule has 26 heavy (non-hydrogen) atoms. The summed E-state index contributed by atoms with van der Waals surface area (Å²) < 4.78 is 11.3. The Balaban J connectivity index is 1.38. The van der Waals surface area contributed by atoms with Crippen LogP contribution in [0.15, 0.2) is 54.6 Å². The second-order valence-corrected chi connectivity index (χ2v) is 6.71. The summed E-state index contributed by atoms with van der Waals surface area (Å²) in [5, 5.41) is 11.6. The molecule has 0 saturated carbocycles. The van der Waals surface area contributed by atoms with Crippen molar-refractivity contribution in [3.05, 3.63) is 59.5 Å². The Kier molecular flexibility index (Phi) is 5.86. The molecule has 0 aliphatic heterocycles. The standard InChI is InChI=1S/C20H18O5S/c21-19(20(22)23)17-9-10-18(26-17)25-12-4-3-11-24-16-8-7-14-5-1-2-6-15(14)13-16/h1-2,5-10,13H,3-4,11-12H2,(H,22,23). The molecule has 0 radical (unpaired) electrons. The minimum Gasteiger partial charge on any atom is -0.494 e. The lowest BCUT2D eigenvalue weighted by molar-refractivity contribution is -0.131. The number of fused-ring (bicyclic) bond motifs is 1. The van der Waals surface area contributed by atoms with Crippen LogP contribution >= 0.6 is 11.3 Å². The van der Waals surface area contributed by atoms with Gasteiger partial charge in [-0.15, -0.1) is 0 Å². The molecule has 3 rings (SSSR count). The second-order valence-electron chi connectivity index (χ2n) is 5.67. The van der Waals surface area contributed by atoms with Crippen molar-refractivity contribution in [3.8, 4) is 10.8 Å². The van der Waals surface area contributed by atoms with E-state index < -0.39 is 11.8 Å². The third kappa shape index (κ3) is 4.61. The predicted molar refractivity (Wildman–Crippen MR) is 100 cm³/mol. The lowest BCUT2D eigenvalue weighted by Gasteiger charge is -2.07. The number of hydrogen-bond donors (Lipinski definition) is 1. The molecule has 0 spiro atoms. The normalized spacial score (nSPS) is 10.6. The zero-order valence-electron chi connectivity index (χ0n) is 14.0. The van der Waals surface area contributed by atoms with E-state index in [1.807, 2.05) is 30.3 Å². The third-order valence-electron chi connectivity index (χ3n) is 3.77. The lowest BCUT2D eigenvalue weighted by atomic mass is 10.1. The maximum absolute atomic E-state index is 11.3. The molecule has 0 saturated heterocycles. The number of ketones is 1. The number of ether oxygens (including phenoxy) is 2. The molecule has 0 fully saturated rings. The summed E-state index contributed by atoms with van der Waals surface area (Å²) in [5.74, 6) is -1.52. The van der Waals surface area contributed by atoms with Gasteiger partial charge in [0.15, 0.2) is 5.06 Å². The fourth-order valence-electron chi connectivity index (χ4n) is 2.45. The quantitative estimate of drug-likeness (QED) is 0.343. The molecule has 0 bridgehead atoms. The van der Waals surface area contributed by atoms with Gasteiger partial charge < -0.3 is 14.6 Å². The van der Waals surface area contributed by atoms with Crippen molar-refractivity contribution in [3.63, 3.8) is 0 Å². The molecule has 3 aromatic rings. The highest BCUT2D eigenvalue weighted by atomic mass is 32.1. The summed E-state index contributed by atoms with van der Waals surface area (Å²) in [7, 11) is 0. The second kappa shape index (κ2) is 8.49. The number of carboxylic acid groups (broad SMARTS) is 1. The monoisotopic (exact) mass is 370 g/mol. The molecule has 2 aromatic carbocycles. The van der Waals surface area contributed by atoms with Crippen molar-refractivity contribution in [2.75, 3.05) is 13.2 Å². The summed E-state index contributed by atoms with van der Waals surface area (Å²) in [4.78, 5) is 22.1. The molecule has 5 nitrogen and oxygen atoms in total. The van der Waals surface area contributed by atoms with Crippen molar-refractivity contribution in [1.82, 2.24) is 0 Å². The molecular weight excluding hydrogens is 352 g/mol. The Morgan fingerprint density at radius 1 is 0.885 bits per heavy atom. The first-order chi connectivity index (χ1) is 12.6. The Hall–Kier alpha value is -2.86. The lowest BCUT2D eigenvalue weighted by Crippen LogP contribution is -2.10. The highest BCUT2D eigenvalue weighted by Crippen LogP contribution is 2.25. The van der Waals surface area contributed by atoms with Crippen LogP contribution in [0.2, 0.25) is 0 Å². The summed E-state index contributed by atoms with van der Waals surface area (Å²) in [5.41, 5.74) is 0. The van der Waals surface area contributed by atoms with Gasteiger partial charge in [0, 0.05) is 0 Å². The van der Waals surface area contributed by atoms with E-state index in [2.05, 4.69) is 12.1 Å². The summed E-state index contributed by atoms with van der Waals surface area (Å²) >= 11 is 1.05. The Morgan fingerprint density at radius 2 is 1.62 bits per heavy atom. The molecule has 0 unspecified atom stereocenters. The number of rotatable bonds is 9. The number of carboxylic acids is 1. The number of hydrogen-bond acceptors (Lipinski definition) is 5. The van der Waals surface area contributed by atoms with Crippen LogP contribution in [0.3, 0.4) is 0 Å². The van der Waals surface area contributed by atoms with Gasteiger partial charge in [0.25, 0.3) is 5.78 Å². The van der Waals surface area contributed by atoms with E-state index in [4.69, 9.17) is 14.6 Å². The van der Waals surface area contributed by atoms with Crippen molar-refractivity contribution in [2.45, 2.75) is 12.8 Å². The molecule has 0 amide bonds. The van der Waals surface area contributed by atoms with E-state index in [-0.39, 0.29) is 4.88 Å². The highest BCUT2D eigenvalue weighted by molar-refractivity contribution is 7.16. The summed E-state index contributed by atoms with van der Waals surface area (Å²) in [6, 6.07) is 17.3. The highest BCUT2D eigenvalue weighted by Gasteiger charge is 2.17. The van der Waals surface area contributed by atoms with Gasteiger partial charge in [-0.05, 0) is 47.9 Å². The molecule has 1 N–H and O–H groups in total. The number of benzene rings is 2. The van der Waals surface area contributed by atoms with E-state index in [0.717, 1.165) is 35.3 Å². The van der Waals surface area contributed by atoms with Crippen molar-refractivity contribution in [2.24, 2.45) is 0 Å². The van der Waals surface area contributed by atoms with Crippen LogP contribution in [0.5, 0.6) is 10.8 Å². The number of carbonyl (C=O) groups excluding carboxylic acids is 1. The maximum Gasteiger partial charge on any atom is 0.378 e. The van der Waals surface area contributed by atoms with Crippen LogP contribution in [0.4, 0.5) is 0 Å². The maximum atomic E-state index is 11.3. The fraction of sp³-hybridized carbons (Fsp3) is 0.200. The number of unbranched alkanes of at least 4 members (excludes halogenated alkanes) is 1. The first-order valence-corrected chi connectivity index (χ1v) is 9.07. The Bertz CT molecular complexity index is 915. The first-order valence-electron chi connectivity index (χ1n) is 8.25. The number of thiophene rings is 1. The topological polar surface area (TPSA) is 72.8 Å². The van der Waals surface area contributed by atoms with Gasteiger partial charge in [-0.3, -0.25) is 4.79 Å². The van der Waals surface area contributed by atoms with Crippen molar-refractivity contribution < 1.29 is 24.2 Å². The van der Waals surface area contributed by atoms with Gasteiger partial charge in [-0.2, -0.15) is 0 Å². The summed E-state index contributed by atoms with van der Waals surface area (Å²) in [6.07, 6.45) is 1.63. The van der Waals surface area contributed by atoms with Gasteiger partial charge in [-0.1, -0.05) is 41.7 Å². The van der Waals surface area contributed by atoms with E-state index in [1.54, 1.807) is 6.07 Å². The molecule has 0 atom stereocenters. The molecule has 1 aromatic heterocycles. The van der Waals surface area contributed by atoms with E-state index >= 15 is 0 Å². The Morgan fingerprint density at radius 3 is 2.38 bits per heavy atom. The Labute approximate surface area is 154 Å². The molecule has 6 heteroatoms. The van der Waals surface area contributed by atoms with Gasteiger partial charge in [0.1, 0.15) is 5.75 Å².